The Morgan fingerprint density at radius 2 is 2.13 bits per heavy atom. The maximum atomic E-state index is 13.5. The molecule has 0 aliphatic carbocycles. The van der Waals surface area contributed by atoms with Gasteiger partial charge in [0.05, 0.1) is 12.6 Å². The number of halogens is 1. The number of hydrogen-bond donors (Lipinski definition) is 0. The highest BCUT2D eigenvalue weighted by atomic mass is 32.1. The van der Waals surface area contributed by atoms with Gasteiger partial charge in [0.2, 0.25) is 11.8 Å². The van der Waals surface area contributed by atoms with E-state index in [1.54, 1.807) is 33.3 Å². The van der Waals surface area contributed by atoms with Gasteiger partial charge in [0.25, 0.3) is 0 Å². The Morgan fingerprint density at radius 3 is 2.84 bits per heavy atom. The molecular formula is C23H29FN2O4S. The zero-order valence-electron chi connectivity index (χ0n) is 18.2. The number of thiophene rings is 1. The van der Waals surface area contributed by atoms with Crippen LogP contribution in [0.2, 0.25) is 0 Å². The second-order valence-electron chi connectivity index (χ2n) is 8.02. The van der Waals surface area contributed by atoms with Crippen molar-refractivity contribution in [2.45, 2.75) is 26.3 Å². The van der Waals surface area contributed by atoms with E-state index in [2.05, 4.69) is 0 Å². The number of benzene rings is 1. The highest BCUT2D eigenvalue weighted by Crippen LogP contribution is 2.34. The second-order valence-corrected chi connectivity index (χ2v) is 9.02. The largest absolute Gasteiger partial charge is 0.491 e. The second kappa shape index (κ2) is 10.7. The summed E-state index contributed by atoms with van der Waals surface area (Å²) in [5.74, 6) is -0.0524. The molecule has 2 amide bonds. The lowest BCUT2D eigenvalue weighted by Gasteiger charge is -2.37. The number of ether oxygens (including phenoxy) is 2. The van der Waals surface area contributed by atoms with Crippen molar-refractivity contribution < 1.29 is 23.5 Å². The van der Waals surface area contributed by atoms with Gasteiger partial charge >= 0.3 is 0 Å². The molecule has 0 radical (unpaired) electrons. The molecule has 6 nitrogen and oxygen atoms in total. The maximum absolute atomic E-state index is 13.5. The molecule has 8 heteroatoms. The van der Waals surface area contributed by atoms with Crippen molar-refractivity contribution in [3.8, 4) is 5.75 Å². The third-order valence-corrected chi connectivity index (χ3v) is 6.15. The van der Waals surface area contributed by atoms with Crippen molar-refractivity contribution in [2.75, 3.05) is 40.0 Å². The van der Waals surface area contributed by atoms with Gasteiger partial charge in [0, 0.05) is 31.1 Å². The summed E-state index contributed by atoms with van der Waals surface area (Å²) < 4.78 is 24.4. The molecule has 0 saturated heterocycles. The van der Waals surface area contributed by atoms with Gasteiger partial charge in [0.1, 0.15) is 24.8 Å². The van der Waals surface area contributed by atoms with Crippen molar-refractivity contribution in [3.05, 3.63) is 52.0 Å². The molecule has 2 aromatic rings. The summed E-state index contributed by atoms with van der Waals surface area (Å²) in [6, 6.07) is 7.71. The molecule has 0 bridgehead atoms. The molecule has 31 heavy (non-hydrogen) atoms. The number of hydrogen-bond acceptors (Lipinski definition) is 5. The molecular weight excluding hydrogens is 419 g/mol. The summed E-state index contributed by atoms with van der Waals surface area (Å²) in [6.07, 6.45) is 0.769. The van der Waals surface area contributed by atoms with Crippen molar-refractivity contribution in [1.82, 2.24) is 9.80 Å². The van der Waals surface area contributed by atoms with Gasteiger partial charge in [0.15, 0.2) is 0 Å². The molecule has 1 aromatic heterocycles. The van der Waals surface area contributed by atoms with Gasteiger partial charge in [-0.1, -0.05) is 19.9 Å². The molecule has 0 N–H and O–H groups in total. The summed E-state index contributed by atoms with van der Waals surface area (Å²) in [7, 11) is 1.47. The average Bonchev–Trinajstić information content (AvgIpc) is 3.20. The van der Waals surface area contributed by atoms with Crippen LogP contribution in [-0.4, -0.2) is 61.6 Å². The van der Waals surface area contributed by atoms with E-state index in [1.165, 1.54) is 24.1 Å². The van der Waals surface area contributed by atoms with Crippen LogP contribution in [0.4, 0.5) is 4.39 Å². The number of carbonyl (C=O) groups excluding carboxylic acids is 2. The molecule has 1 atom stereocenters. The topological polar surface area (TPSA) is 59.1 Å². The maximum Gasteiger partial charge on any atom is 0.249 e. The molecule has 0 saturated carbocycles. The Bertz CT molecular complexity index is 901. The zero-order chi connectivity index (χ0) is 22.4. The van der Waals surface area contributed by atoms with Gasteiger partial charge in [-0.05, 0) is 41.5 Å². The number of carbonyl (C=O) groups is 2. The van der Waals surface area contributed by atoms with E-state index in [4.69, 9.17) is 9.47 Å². The molecule has 2 heterocycles. The molecule has 168 valence electrons. The first-order valence-electron chi connectivity index (χ1n) is 10.4. The Hall–Kier alpha value is -2.45. The highest BCUT2D eigenvalue weighted by molar-refractivity contribution is 7.10. The fourth-order valence-electron chi connectivity index (χ4n) is 3.77. The third kappa shape index (κ3) is 6.04. The average molecular weight is 449 g/mol. The minimum atomic E-state index is -0.369. The van der Waals surface area contributed by atoms with Gasteiger partial charge in [-0.25, -0.2) is 4.39 Å². The van der Waals surface area contributed by atoms with E-state index in [9.17, 15) is 14.0 Å². The smallest absolute Gasteiger partial charge is 0.249 e. The monoisotopic (exact) mass is 448 g/mol. The predicted molar refractivity (Wildman–Crippen MR) is 118 cm³/mol. The Morgan fingerprint density at radius 1 is 1.32 bits per heavy atom. The first kappa shape index (κ1) is 23.2. The van der Waals surface area contributed by atoms with Crippen LogP contribution in [0.15, 0.2) is 35.7 Å². The van der Waals surface area contributed by atoms with Crippen LogP contribution in [0, 0.1) is 11.7 Å². The Balaban J connectivity index is 1.76. The number of fused-ring (bicyclic) bond motifs is 1. The number of rotatable bonds is 9. The molecule has 0 unspecified atom stereocenters. The number of nitrogens with zero attached hydrogens (tertiary/aromatic N) is 2. The molecule has 0 spiro atoms. The van der Waals surface area contributed by atoms with Crippen LogP contribution in [0.1, 0.15) is 30.3 Å². The standard InChI is InChI=1S/C23H29FN2O4S/c1-16(2)12-25(23(28)15-29-3)13-22(27)26-9-7-21-19(8-10-31-21)20(26)14-30-18-6-4-5-17(24)11-18/h4-6,8,10-11,16,20H,7,9,12-15H2,1-3H3/t20-/m1/s1. The summed E-state index contributed by atoms with van der Waals surface area (Å²) in [6.45, 7) is 5.21. The fraction of sp³-hybridized carbons (Fsp3) is 0.478. The van der Waals surface area contributed by atoms with E-state index < -0.39 is 0 Å². The normalized spacial score (nSPS) is 15.6. The van der Waals surface area contributed by atoms with E-state index in [1.807, 2.05) is 25.3 Å². The lowest BCUT2D eigenvalue weighted by atomic mass is 10.0. The van der Waals surface area contributed by atoms with Crippen molar-refractivity contribution in [3.63, 3.8) is 0 Å². The highest BCUT2D eigenvalue weighted by Gasteiger charge is 2.33. The van der Waals surface area contributed by atoms with Crippen LogP contribution in [0.5, 0.6) is 5.75 Å². The van der Waals surface area contributed by atoms with Gasteiger partial charge < -0.3 is 19.3 Å². The summed E-state index contributed by atoms with van der Waals surface area (Å²) >= 11 is 1.67. The molecule has 3 rings (SSSR count). The lowest BCUT2D eigenvalue weighted by molar-refractivity contribution is -0.145. The summed E-state index contributed by atoms with van der Waals surface area (Å²) in [5, 5.41) is 2.01. The number of amides is 2. The van der Waals surface area contributed by atoms with Crippen LogP contribution in [0.3, 0.4) is 0 Å². The van der Waals surface area contributed by atoms with Gasteiger partial charge in [-0.15, -0.1) is 11.3 Å². The van der Waals surface area contributed by atoms with Crippen LogP contribution in [0.25, 0.3) is 0 Å². The SMILES string of the molecule is COCC(=O)N(CC(=O)N1CCc2sccc2[C@H]1COc1cccc(F)c1)CC(C)C. The van der Waals surface area contributed by atoms with Gasteiger partial charge in [-0.3, -0.25) is 9.59 Å². The summed E-state index contributed by atoms with van der Waals surface area (Å²) in [4.78, 5) is 30.3. The van der Waals surface area contributed by atoms with E-state index in [0.29, 0.717) is 18.8 Å². The lowest BCUT2D eigenvalue weighted by Crippen LogP contribution is -2.49. The van der Waals surface area contributed by atoms with Crippen molar-refractivity contribution in [1.29, 1.82) is 0 Å². The first-order chi connectivity index (χ1) is 14.9. The zero-order valence-corrected chi connectivity index (χ0v) is 19.0. The van der Waals surface area contributed by atoms with Crippen molar-refractivity contribution in [2.24, 2.45) is 5.92 Å². The van der Waals surface area contributed by atoms with Gasteiger partial charge in [-0.2, -0.15) is 0 Å². The minimum absolute atomic E-state index is 0.00366. The minimum Gasteiger partial charge on any atom is -0.491 e. The third-order valence-electron chi connectivity index (χ3n) is 5.15. The molecule has 1 aliphatic rings. The molecule has 0 fully saturated rings. The molecule has 1 aliphatic heterocycles. The quantitative estimate of drug-likeness (QED) is 0.589. The van der Waals surface area contributed by atoms with Crippen LogP contribution in [-0.2, 0) is 20.7 Å². The van der Waals surface area contributed by atoms with E-state index in [0.717, 1.165) is 12.0 Å². The van der Waals surface area contributed by atoms with Crippen LogP contribution < -0.4 is 4.74 Å². The fourth-order valence-corrected chi connectivity index (χ4v) is 4.70. The number of methoxy groups -OCH3 is 1. The van der Waals surface area contributed by atoms with Crippen molar-refractivity contribution >= 4 is 23.2 Å². The predicted octanol–water partition coefficient (Wildman–Crippen LogP) is 3.52. The summed E-state index contributed by atoms with van der Waals surface area (Å²) in [5.41, 5.74) is 1.06. The Kier molecular flexibility index (Phi) is 8.03. The van der Waals surface area contributed by atoms with E-state index >= 15 is 0 Å². The first-order valence-corrected chi connectivity index (χ1v) is 11.3. The molecule has 1 aromatic carbocycles. The van der Waals surface area contributed by atoms with Crippen LogP contribution >= 0.6 is 11.3 Å². The van der Waals surface area contributed by atoms with E-state index in [-0.39, 0.29) is 49.3 Å². The Labute approximate surface area is 186 Å².